The van der Waals surface area contributed by atoms with E-state index in [2.05, 4.69) is 4.74 Å². The summed E-state index contributed by atoms with van der Waals surface area (Å²) in [5.41, 5.74) is 0.570. The number of Topliss-reactive ketones (excluding diaryl/α,β-unsaturated/α-hetero) is 1. The van der Waals surface area contributed by atoms with Crippen LogP contribution in [0, 0.1) is 0 Å². The standard InChI is InChI=1S/C12H10Cl2O3/c1-7(15)9(12(16)17-2)5-8-3-4-10(13)11(14)6-8/h3-6H,1-2H3. The summed E-state index contributed by atoms with van der Waals surface area (Å²) >= 11 is 11.6. The first-order chi connectivity index (χ1) is 7.95. The van der Waals surface area contributed by atoms with E-state index in [1.165, 1.54) is 20.1 Å². The van der Waals surface area contributed by atoms with E-state index < -0.39 is 5.97 Å². The van der Waals surface area contributed by atoms with E-state index >= 15 is 0 Å². The summed E-state index contributed by atoms with van der Waals surface area (Å²) in [6.07, 6.45) is 1.41. The molecule has 0 radical (unpaired) electrons. The van der Waals surface area contributed by atoms with Gasteiger partial charge in [0, 0.05) is 0 Å². The maximum atomic E-state index is 11.3. The first kappa shape index (κ1) is 13.7. The van der Waals surface area contributed by atoms with Gasteiger partial charge in [-0.1, -0.05) is 29.3 Å². The van der Waals surface area contributed by atoms with Crippen LogP contribution in [-0.4, -0.2) is 18.9 Å². The summed E-state index contributed by atoms with van der Waals surface area (Å²) in [4.78, 5) is 22.6. The minimum Gasteiger partial charge on any atom is -0.465 e. The number of benzene rings is 1. The molecule has 0 bridgehead atoms. The average molecular weight is 273 g/mol. The van der Waals surface area contributed by atoms with Crippen LogP contribution in [0.2, 0.25) is 10.0 Å². The number of hydrogen-bond acceptors (Lipinski definition) is 3. The smallest absolute Gasteiger partial charge is 0.341 e. The summed E-state index contributed by atoms with van der Waals surface area (Å²) in [5, 5.41) is 0.763. The fraction of sp³-hybridized carbons (Fsp3) is 0.167. The van der Waals surface area contributed by atoms with Crippen LogP contribution in [0.15, 0.2) is 23.8 Å². The van der Waals surface area contributed by atoms with E-state index in [4.69, 9.17) is 23.2 Å². The van der Waals surface area contributed by atoms with E-state index in [1.807, 2.05) is 0 Å². The average Bonchev–Trinajstić information content (AvgIpc) is 2.29. The number of methoxy groups -OCH3 is 1. The highest BCUT2D eigenvalue weighted by molar-refractivity contribution is 6.42. The number of rotatable bonds is 3. The Morgan fingerprint density at radius 1 is 1.24 bits per heavy atom. The van der Waals surface area contributed by atoms with Crippen molar-refractivity contribution in [2.75, 3.05) is 7.11 Å². The lowest BCUT2D eigenvalue weighted by Gasteiger charge is -2.02. The molecule has 0 heterocycles. The fourth-order valence-corrected chi connectivity index (χ4v) is 1.49. The van der Waals surface area contributed by atoms with E-state index in [1.54, 1.807) is 18.2 Å². The predicted molar refractivity (Wildman–Crippen MR) is 67.1 cm³/mol. The lowest BCUT2D eigenvalue weighted by Crippen LogP contribution is -2.11. The molecule has 0 aromatic heterocycles. The summed E-state index contributed by atoms with van der Waals surface area (Å²) < 4.78 is 4.51. The van der Waals surface area contributed by atoms with Gasteiger partial charge in [-0.15, -0.1) is 0 Å². The summed E-state index contributed by atoms with van der Waals surface area (Å²) in [6.45, 7) is 1.29. The number of esters is 1. The van der Waals surface area contributed by atoms with Gasteiger partial charge < -0.3 is 4.74 Å². The van der Waals surface area contributed by atoms with Gasteiger partial charge in [0.05, 0.1) is 17.2 Å². The number of ether oxygens (including phenoxy) is 1. The quantitative estimate of drug-likeness (QED) is 0.368. The van der Waals surface area contributed by atoms with E-state index in [0.29, 0.717) is 15.6 Å². The highest BCUT2D eigenvalue weighted by Crippen LogP contribution is 2.23. The van der Waals surface area contributed by atoms with Crippen molar-refractivity contribution in [1.82, 2.24) is 0 Å². The maximum Gasteiger partial charge on any atom is 0.341 e. The Balaban J connectivity index is 3.17. The Bertz CT molecular complexity index is 493. The van der Waals surface area contributed by atoms with Crippen LogP contribution >= 0.6 is 23.2 Å². The van der Waals surface area contributed by atoms with Crippen LogP contribution in [0.1, 0.15) is 12.5 Å². The van der Waals surface area contributed by atoms with Crippen molar-refractivity contribution in [3.8, 4) is 0 Å². The SMILES string of the molecule is COC(=O)C(=Cc1ccc(Cl)c(Cl)c1)C(C)=O. The Morgan fingerprint density at radius 2 is 1.88 bits per heavy atom. The third kappa shape index (κ3) is 3.58. The second kappa shape index (κ2) is 5.84. The highest BCUT2D eigenvalue weighted by atomic mass is 35.5. The minimum absolute atomic E-state index is 0.0362. The third-order valence-electron chi connectivity index (χ3n) is 2.04. The van der Waals surface area contributed by atoms with Crippen LogP contribution in [0.5, 0.6) is 0 Å². The molecule has 0 fully saturated rings. The minimum atomic E-state index is -0.677. The molecule has 0 saturated heterocycles. The van der Waals surface area contributed by atoms with Crippen LogP contribution in [-0.2, 0) is 14.3 Å². The predicted octanol–water partition coefficient (Wildman–Crippen LogP) is 3.14. The molecule has 5 heteroatoms. The fourth-order valence-electron chi connectivity index (χ4n) is 1.18. The van der Waals surface area contributed by atoms with Gasteiger partial charge in [0.25, 0.3) is 0 Å². The van der Waals surface area contributed by atoms with E-state index in [9.17, 15) is 9.59 Å². The van der Waals surface area contributed by atoms with Crippen molar-refractivity contribution >= 4 is 41.0 Å². The molecule has 1 aromatic carbocycles. The second-order valence-corrected chi connectivity index (χ2v) is 4.09. The molecule has 0 amide bonds. The Kier molecular flexibility index (Phi) is 4.73. The molecule has 1 rings (SSSR count). The van der Waals surface area contributed by atoms with Gasteiger partial charge in [0.2, 0.25) is 0 Å². The van der Waals surface area contributed by atoms with Gasteiger partial charge in [-0.25, -0.2) is 4.79 Å². The first-order valence-corrected chi connectivity index (χ1v) is 5.47. The monoisotopic (exact) mass is 272 g/mol. The number of hydrogen-bond donors (Lipinski definition) is 0. The van der Waals surface area contributed by atoms with Gasteiger partial charge in [0.1, 0.15) is 5.57 Å². The van der Waals surface area contributed by atoms with Crippen molar-refractivity contribution in [3.63, 3.8) is 0 Å². The van der Waals surface area contributed by atoms with Crippen molar-refractivity contribution in [3.05, 3.63) is 39.4 Å². The largest absolute Gasteiger partial charge is 0.465 e. The van der Waals surface area contributed by atoms with E-state index in [0.717, 1.165) is 0 Å². The first-order valence-electron chi connectivity index (χ1n) is 4.71. The van der Waals surface area contributed by atoms with Gasteiger partial charge >= 0.3 is 5.97 Å². The molecule has 0 N–H and O–H groups in total. The van der Waals surface area contributed by atoms with Crippen LogP contribution < -0.4 is 0 Å². The van der Waals surface area contributed by atoms with Crippen molar-refractivity contribution in [2.45, 2.75) is 6.92 Å². The van der Waals surface area contributed by atoms with Crippen LogP contribution in [0.25, 0.3) is 6.08 Å². The molecular weight excluding hydrogens is 263 g/mol. The molecule has 0 spiro atoms. The van der Waals surface area contributed by atoms with Crippen LogP contribution in [0.4, 0.5) is 0 Å². The maximum absolute atomic E-state index is 11.3. The summed E-state index contributed by atoms with van der Waals surface area (Å²) in [5.74, 6) is -1.05. The zero-order chi connectivity index (χ0) is 13.0. The Labute approximate surface area is 109 Å². The molecule has 0 aliphatic carbocycles. The topological polar surface area (TPSA) is 43.4 Å². The van der Waals surface area contributed by atoms with Crippen LogP contribution in [0.3, 0.4) is 0 Å². The van der Waals surface area contributed by atoms with Gasteiger partial charge in [-0.3, -0.25) is 4.79 Å². The molecule has 1 aromatic rings. The van der Waals surface area contributed by atoms with Crippen molar-refractivity contribution < 1.29 is 14.3 Å². The summed E-state index contributed by atoms with van der Waals surface area (Å²) in [6, 6.07) is 4.81. The number of carbonyl (C=O) groups excluding carboxylic acids is 2. The number of halogens is 2. The second-order valence-electron chi connectivity index (χ2n) is 3.28. The number of ketones is 1. The normalized spacial score (nSPS) is 11.2. The Hall–Kier alpha value is -1.32. The highest BCUT2D eigenvalue weighted by Gasteiger charge is 2.14. The lowest BCUT2D eigenvalue weighted by atomic mass is 10.1. The zero-order valence-corrected chi connectivity index (χ0v) is 10.8. The molecular formula is C12H10Cl2O3. The summed E-state index contributed by atoms with van der Waals surface area (Å²) in [7, 11) is 1.22. The molecule has 0 atom stereocenters. The molecule has 0 saturated carbocycles. The van der Waals surface area contributed by atoms with E-state index in [-0.39, 0.29) is 11.4 Å². The van der Waals surface area contributed by atoms with Gasteiger partial charge in [-0.05, 0) is 30.7 Å². The van der Waals surface area contributed by atoms with Gasteiger partial charge in [0.15, 0.2) is 5.78 Å². The number of carbonyl (C=O) groups is 2. The molecule has 0 aliphatic rings. The molecule has 0 aliphatic heterocycles. The van der Waals surface area contributed by atoms with Gasteiger partial charge in [-0.2, -0.15) is 0 Å². The van der Waals surface area contributed by atoms with Crippen molar-refractivity contribution in [2.24, 2.45) is 0 Å². The lowest BCUT2D eigenvalue weighted by molar-refractivity contribution is -0.137. The third-order valence-corrected chi connectivity index (χ3v) is 2.78. The Morgan fingerprint density at radius 3 is 2.35 bits per heavy atom. The molecule has 0 unspecified atom stereocenters. The molecule has 17 heavy (non-hydrogen) atoms. The zero-order valence-electron chi connectivity index (χ0n) is 9.29. The molecule has 3 nitrogen and oxygen atoms in total. The van der Waals surface area contributed by atoms with Crippen molar-refractivity contribution in [1.29, 1.82) is 0 Å². The molecule has 90 valence electrons.